The minimum absolute atomic E-state index is 0.189. The smallest absolute Gasteiger partial charge is 0.252 e. The average Bonchev–Trinajstić information content (AvgIpc) is 3.33. The summed E-state index contributed by atoms with van der Waals surface area (Å²) in [5, 5.41) is 7.58. The van der Waals surface area contributed by atoms with Gasteiger partial charge in [0.2, 0.25) is 0 Å². The van der Waals surface area contributed by atoms with Gasteiger partial charge in [-0.25, -0.2) is 19.3 Å². The molecule has 3 aliphatic rings. The molecule has 3 aromatic heterocycles. The van der Waals surface area contributed by atoms with Crippen molar-refractivity contribution in [3.05, 3.63) is 82.7 Å². The molecule has 8 rings (SSSR count). The summed E-state index contributed by atoms with van der Waals surface area (Å²) < 4.78 is 37.9. The topological polar surface area (TPSA) is 117 Å². The third-order valence-corrected chi connectivity index (χ3v) is 9.25. The van der Waals surface area contributed by atoms with Crippen LogP contribution in [0.1, 0.15) is 44.0 Å². The molecule has 3 fully saturated rings. The molecular formula is C33H33BrFN7O4. The lowest BCUT2D eigenvalue weighted by Crippen LogP contribution is -2.43. The van der Waals surface area contributed by atoms with E-state index in [1.54, 1.807) is 10.9 Å². The van der Waals surface area contributed by atoms with Crippen LogP contribution in [-0.2, 0) is 32.0 Å². The van der Waals surface area contributed by atoms with Crippen molar-refractivity contribution in [3.8, 4) is 0 Å². The zero-order valence-electron chi connectivity index (χ0n) is 25.3. The van der Waals surface area contributed by atoms with E-state index in [2.05, 4.69) is 64.4 Å². The van der Waals surface area contributed by atoms with Crippen molar-refractivity contribution in [2.45, 2.75) is 76.0 Å². The van der Waals surface area contributed by atoms with E-state index in [9.17, 15) is 9.18 Å². The summed E-state index contributed by atoms with van der Waals surface area (Å²) >= 11 is 3.34. The summed E-state index contributed by atoms with van der Waals surface area (Å²) in [4.78, 5) is 26.7. The van der Waals surface area contributed by atoms with Crippen LogP contribution in [0.5, 0.6) is 0 Å². The number of nitrogens with one attached hydrogen (secondary N) is 2. The van der Waals surface area contributed by atoms with Crippen LogP contribution in [-0.4, -0.2) is 66.7 Å². The van der Waals surface area contributed by atoms with Gasteiger partial charge in [-0.3, -0.25) is 9.36 Å². The molecule has 0 spiro atoms. The van der Waals surface area contributed by atoms with Crippen molar-refractivity contribution in [1.82, 2.24) is 29.4 Å². The molecule has 2 aliphatic heterocycles. The number of aromatic nitrogens is 5. The van der Waals surface area contributed by atoms with Gasteiger partial charge >= 0.3 is 0 Å². The van der Waals surface area contributed by atoms with Gasteiger partial charge in [0.05, 0.1) is 12.9 Å². The average molecular weight is 691 g/mol. The molecule has 4 atom stereocenters. The number of rotatable bonds is 9. The molecule has 0 bridgehead atoms. The van der Waals surface area contributed by atoms with Gasteiger partial charge in [-0.2, -0.15) is 0 Å². The van der Waals surface area contributed by atoms with E-state index in [-0.39, 0.29) is 17.8 Å². The van der Waals surface area contributed by atoms with Crippen LogP contribution in [0, 0.1) is 5.82 Å². The fourth-order valence-electron chi connectivity index (χ4n) is 6.49. The van der Waals surface area contributed by atoms with Crippen molar-refractivity contribution in [3.63, 3.8) is 0 Å². The number of para-hydroxylation sites is 1. The highest BCUT2D eigenvalue weighted by Gasteiger charge is 2.58. The fourth-order valence-corrected chi connectivity index (χ4v) is 6.83. The molecule has 1 aliphatic carbocycles. The molecule has 2 N–H and O–H groups in total. The van der Waals surface area contributed by atoms with Gasteiger partial charge in [0.15, 0.2) is 35.1 Å². The second kappa shape index (κ2) is 11.4. The first kappa shape index (κ1) is 29.5. The van der Waals surface area contributed by atoms with E-state index in [0.29, 0.717) is 46.5 Å². The Balaban J connectivity index is 1.01. The molecule has 2 aromatic carbocycles. The monoisotopic (exact) mass is 689 g/mol. The lowest BCUT2D eigenvalue weighted by atomic mass is 10.1. The highest BCUT2D eigenvalue weighted by atomic mass is 79.9. The number of hydrogen-bond donors (Lipinski definition) is 2. The number of carbonyl (C=O) groups excluding carboxylic acids is 1. The van der Waals surface area contributed by atoms with Crippen LogP contribution in [0.25, 0.3) is 22.1 Å². The Morgan fingerprint density at radius 1 is 1.09 bits per heavy atom. The number of hydrogen-bond acceptors (Lipinski definition) is 8. The zero-order valence-corrected chi connectivity index (χ0v) is 26.9. The van der Waals surface area contributed by atoms with Crippen molar-refractivity contribution >= 4 is 49.7 Å². The standard InChI is InChI=1S/C33H33BrFN7O4/c1-33(2)45-26-27(31(43)40-21-9-10-21)44-32(28(26)46-33)42-17-39-25-29(37-16-38-30(25)42)36-12-11-18-14-41(24-6-4-3-5-22(18)24)15-19-7-8-20(34)13-23(19)35/h3-8,13-14,16-17,21,26-28,32H,9-12,15H2,1-2H3,(H,40,43)(H,36,37,38)/t26-,27+,28-,32-/m1/s1. The third kappa shape index (κ3) is 5.44. The van der Waals surface area contributed by atoms with Crippen LogP contribution in [0.4, 0.5) is 10.2 Å². The van der Waals surface area contributed by atoms with Crippen LogP contribution < -0.4 is 10.6 Å². The number of benzene rings is 2. The quantitative estimate of drug-likeness (QED) is 0.220. The Bertz CT molecular complexity index is 1960. The predicted octanol–water partition coefficient (Wildman–Crippen LogP) is 5.08. The largest absolute Gasteiger partial charge is 0.368 e. The maximum atomic E-state index is 14.6. The summed E-state index contributed by atoms with van der Waals surface area (Å²) in [6.45, 7) is 4.69. The van der Waals surface area contributed by atoms with Crippen LogP contribution in [0.3, 0.4) is 0 Å². The summed E-state index contributed by atoms with van der Waals surface area (Å²) in [6.07, 6.45) is 5.35. The van der Waals surface area contributed by atoms with Crippen molar-refractivity contribution in [2.75, 3.05) is 11.9 Å². The first-order chi connectivity index (χ1) is 22.2. The Kier molecular flexibility index (Phi) is 7.31. The molecule has 0 radical (unpaired) electrons. The third-order valence-electron chi connectivity index (χ3n) is 8.76. The molecule has 2 saturated heterocycles. The van der Waals surface area contributed by atoms with E-state index in [1.807, 2.05) is 38.1 Å². The van der Waals surface area contributed by atoms with Crippen molar-refractivity contribution in [2.24, 2.45) is 0 Å². The molecule has 5 heterocycles. The first-order valence-electron chi connectivity index (χ1n) is 15.5. The van der Waals surface area contributed by atoms with E-state index >= 15 is 0 Å². The van der Waals surface area contributed by atoms with E-state index in [0.717, 1.165) is 29.3 Å². The SMILES string of the molecule is CC1(C)O[C@@H]2[C@H](O1)[C@@H](C(=O)NC1CC1)O[C@H]2n1cnc2c(NCCc3cn(Cc4ccc(Br)cc4F)c4ccccc34)ncnc21. The second-order valence-corrected chi connectivity index (χ2v) is 13.5. The highest BCUT2D eigenvalue weighted by Crippen LogP contribution is 2.44. The minimum Gasteiger partial charge on any atom is -0.368 e. The summed E-state index contributed by atoms with van der Waals surface area (Å²) in [5.41, 5.74) is 3.95. The molecular weight excluding hydrogens is 657 g/mol. The number of fused-ring (bicyclic) bond motifs is 3. The van der Waals surface area contributed by atoms with Gasteiger partial charge in [-0.1, -0.05) is 40.2 Å². The second-order valence-electron chi connectivity index (χ2n) is 12.6. The molecule has 238 valence electrons. The van der Waals surface area contributed by atoms with Crippen LogP contribution in [0.15, 0.2) is 65.8 Å². The molecule has 0 unspecified atom stereocenters. The highest BCUT2D eigenvalue weighted by molar-refractivity contribution is 9.10. The summed E-state index contributed by atoms with van der Waals surface area (Å²) in [7, 11) is 0. The van der Waals surface area contributed by atoms with Crippen LogP contribution in [0.2, 0.25) is 0 Å². The van der Waals surface area contributed by atoms with Crippen LogP contribution >= 0.6 is 15.9 Å². The maximum Gasteiger partial charge on any atom is 0.252 e. The number of amides is 1. The number of carbonyl (C=O) groups is 1. The maximum absolute atomic E-state index is 14.6. The Hall–Kier alpha value is -3.91. The minimum atomic E-state index is -0.858. The van der Waals surface area contributed by atoms with Gasteiger partial charge in [-0.05, 0) is 56.9 Å². The molecule has 11 nitrogen and oxygen atoms in total. The summed E-state index contributed by atoms with van der Waals surface area (Å²) in [5.74, 6) is -0.700. The number of halogens is 2. The van der Waals surface area contributed by atoms with Gasteiger partial charge in [-0.15, -0.1) is 0 Å². The van der Waals surface area contributed by atoms with E-state index in [1.165, 1.54) is 12.4 Å². The van der Waals surface area contributed by atoms with Gasteiger partial charge in [0, 0.05) is 39.7 Å². The Labute approximate surface area is 272 Å². The van der Waals surface area contributed by atoms with Crippen molar-refractivity contribution in [1.29, 1.82) is 0 Å². The lowest BCUT2D eigenvalue weighted by molar-refractivity contribution is -0.197. The Morgan fingerprint density at radius 2 is 1.91 bits per heavy atom. The molecule has 5 aromatic rings. The molecule has 46 heavy (non-hydrogen) atoms. The van der Waals surface area contributed by atoms with E-state index in [4.69, 9.17) is 14.2 Å². The molecule has 13 heteroatoms. The number of anilines is 1. The molecule has 1 saturated carbocycles. The van der Waals surface area contributed by atoms with Gasteiger partial charge in [0.25, 0.3) is 5.91 Å². The van der Waals surface area contributed by atoms with E-state index < -0.39 is 30.3 Å². The van der Waals surface area contributed by atoms with Crippen molar-refractivity contribution < 1.29 is 23.4 Å². The molecule has 1 amide bonds. The number of ether oxygens (including phenoxy) is 3. The Morgan fingerprint density at radius 3 is 2.74 bits per heavy atom. The predicted molar refractivity (Wildman–Crippen MR) is 172 cm³/mol. The van der Waals surface area contributed by atoms with Gasteiger partial charge in [0.1, 0.15) is 24.4 Å². The number of imidazole rings is 1. The first-order valence-corrected chi connectivity index (χ1v) is 16.3. The normalized spacial score (nSPS) is 23.7. The fraction of sp³-hybridized carbons (Fsp3) is 0.394. The zero-order chi connectivity index (χ0) is 31.6. The number of nitrogens with zero attached hydrogens (tertiary/aromatic N) is 5. The summed E-state index contributed by atoms with van der Waals surface area (Å²) in [6, 6.07) is 13.5. The lowest BCUT2D eigenvalue weighted by Gasteiger charge is -2.24. The van der Waals surface area contributed by atoms with Gasteiger partial charge < -0.3 is 29.4 Å².